The van der Waals surface area contributed by atoms with Crippen molar-refractivity contribution in [3.63, 3.8) is 0 Å². The number of carboxylic acids is 1. The van der Waals surface area contributed by atoms with Gasteiger partial charge in [0.2, 0.25) is 0 Å². The summed E-state index contributed by atoms with van der Waals surface area (Å²) >= 11 is 1.65. The van der Waals surface area contributed by atoms with Gasteiger partial charge in [0, 0.05) is 35.6 Å². The molecule has 6 nitrogen and oxygen atoms in total. The fraction of sp³-hybridized carbons (Fsp3) is 0.269. The highest BCUT2D eigenvalue weighted by molar-refractivity contribution is 7.16. The van der Waals surface area contributed by atoms with Crippen molar-refractivity contribution in [2.24, 2.45) is 0 Å². The number of likely N-dealkylation sites (tertiary alicyclic amines) is 1. The van der Waals surface area contributed by atoms with Crippen LogP contribution >= 0.6 is 11.3 Å². The molecule has 1 aromatic heterocycles. The number of rotatable bonds is 8. The second-order valence-corrected chi connectivity index (χ2v) is 9.31. The number of hydrogen-bond acceptors (Lipinski definition) is 5. The second-order valence-electron chi connectivity index (χ2n) is 8.13. The lowest BCUT2D eigenvalue weighted by molar-refractivity contribution is -0.141. The van der Waals surface area contributed by atoms with Crippen molar-refractivity contribution in [3.8, 4) is 11.3 Å². The molecule has 0 aliphatic carbocycles. The first-order valence-electron chi connectivity index (χ1n) is 11.0. The molecule has 1 fully saturated rings. The Bertz CT molecular complexity index is 1140. The second kappa shape index (κ2) is 10.0. The maximum Gasteiger partial charge on any atom is 0.326 e. The third kappa shape index (κ3) is 4.98. The molecule has 1 N–H and O–H groups in total. The highest BCUT2D eigenvalue weighted by atomic mass is 32.1. The van der Waals surface area contributed by atoms with E-state index in [9.17, 15) is 14.7 Å². The number of carboxylic acid groups (broad SMARTS) is 1. The van der Waals surface area contributed by atoms with E-state index >= 15 is 0 Å². The number of nitrogens with zero attached hydrogens (tertiary/aromatic N) is 3. The van der Waals surface area contributed by atoms with Crippen LogP contribution in [-0.2, 0) is 11.3 Å². The Morgan fingerprint density at radius 3 is 2.61 bits per heavy atom. The number of amides is 1. The maximum atomic E-state index is 12.8. The van der Waals surface area contributed by atoms with E-state index in [4.69, 9.17) is 4.98 Å². The molecule has 0 radical (unpaired) electrons. The molecule has 0 saturated carbocycles. The van der Waals surface area contributed by atoms with Gasteiger partial charge in [0.05, 0.1) is 5.69 Å². The zero-order valence-electron chi connectivity index (χ0n) is 18.6. The molecule has 7 heteroatoms. The highest BCUT2D eigenvalue weighted by Crippen LogP contribution is 2.33. The van der Waals surface area contributed by atoms with Crippen LogP contribution in [0.15, 0.2) is 67.3 Å². The quantitative estimate of drug-likeness (QED) is 0.478. The van der Waals surface area contributed by atoms with Crippen LogP contribution in [0.2, 0.25) is 0 Å². The molecule has 1 saturated heterocycles. The molecule has 0 spiro atoms. The Kier molecular flexibility index (Phi) is 6.89. The van der Waals surface area contributed by atoms with Gasteiger partial charge in [-0.15, -0.1) is 17.9 Å². The number of thiazole rings is 1. The maximum absolute atomic E-state index is 12.8. The Hall–Kier alpha value is -3.45. The van der Waals surface area contributed by atoms with Crippen molar-refractivity contribution in [1.82, 2.24) is 9.88 Å². The van der Waals surface area contributed by atoms with Crippen molar-refractivity contribution in [3.05, 3.63) is 83.3 Å². The average molecular weight is 462 g/mol. The summed E-state index contributed by atoms with van der Waals surface area (Å²) in [5.41, 5.74) is 3.64. The van der Waals surface area contributed by atoms with Gasteiger partial charge in [-0.3, -0.25) is 4.79 Å². The number of aliphatic carboxylic acids is 1. The zero-order valence-corrected chi connectivity index (χ0v) is 19.4. The summed E-state index contributed by atoms with van der Waals surface area (Å²) in [6.07, 6.45) is 3.08. The van der Waals surface area contributed by atoms with Gasteiger partial charge in [-0.05, 0) is 37.5 Å². The predicted molar refractivity (Wildman–Crippen MR) is 132 cm³/mol. The van der Waals surface area contributed by atoms with E-state index < -0.39 is 12.0 Å². The molecule has 1 amide bonds. The summed E-state index contributed by atoms with van der Waals surface area (Å²) in [4.78, 5) is 33.9. The Morgan fingerprint density at radius 2 is 1.94 bits per heavy atom. The fourth-order valence-electron chi connectivity index (χ4n) is 4.15. The highest BCUT2D eigenvalue weighted by Gasteiger charge is 2.34. The van der Waals surface area contributed by atoms with Crippen LogP contribution in [-0.4, -0.2) is 46.0 Å². The third-order valence-corrected chi connectivity index (χ3v) is 6.86. The van der Waals surface area contributed by atoms with E-state index in [0.29, 0.717) is 31.6 Å². The van der Waals surface area contributed by atoms with Crippen molar-refractivity contribution in [2.45, 2.75) is 32.4 Å². The van der Waals surface area contributed by atoms with Gasteiger partial charge >= 0.3 is 5.97 Å². The van der Waals surface area contributed by atoms with Crippen LogP contribution < -0.4 is 4.90 Å². The van der Waals surface area contributed by atoms with E-state index in [-0.39, 0.29) is 5.91 Å². The van der Waals surface area contributed by atoms with Gasteiger partial charge in [0.15, 0.2) is 5.13 Å². The minimum atomic E-state index is -0.939. The Morgan fingerprint density at radius 1 is 1.21 bits per heavy atom. The van der Waals surface area contributed by atoms with Crippen molar-refractivity contribution < 1.29 is 14.7 Å². The Labute approximate surface area is 197 Å². The number of aryl methyl sites for hydroxylation is 1. The molecule has 1 aliphatic heterocycles. The molecule has 1 aliphatic rings. The molecule has 2 aromatic carbocycles. The molecule has 170 valence electrons. The summed E-state index contributed by atoms with van der Waals surface area (Å²) in [5, 5.41) is 10.3. The number of anilines is 1. The van der Waals surface area contributed by atoms with E-state index in [1.807, 2.05) is 36.4 Å². The van der Waals surface area contributed by atoms with Gasteiger partial charge in [0.25, 0.3) is 5.91 Å². The largest absolute Gasteiger partial charge is 0.480 e. The molecule has 33 heavy (non-hydrogen) atoms. The average Bonchev–Trinajstić information content (AvgIpc) is 3.47. The number of aromatic nitrogens is 1. The van der Waals surface area contributed by atoms with Crippen LogP contribution in [0, 0.1) is 6.92 Å². The molecule has 2 heterocycles. The van der Waals surface area contributed by atoms with Gasteiger partial charge < -0.3 is 14.9 Å². The van der Waals surface area contributed by atoms with Gasteiger partial charge in [-0.25, -0.2) is 9.78 Å². The smallest absolute Gasteiger partial charge is 0.326 e. The topological polar surface area (TPSA) is 73.7 Å². The number of carbonyl (C=O) groups is 2. The minimum absolute atomic E-state index is 0.225. The molecule has 4 rings (SSSR count). The molecule has 0 bridgehead atoms. The van der Waals surface area contributed by atoms with Gasteiger partial charge in [-0.1, -0.05) is 48.5 Å². The van der Waals surface area contributed by atoms with Crippen molar-refractivity contribution >= 4 is 28.3 Å². The summed E-state index contributed by atoms with van der Waals surface area (Å²) < 4.78 is 0. The van der Waals surface area contributed by atoms with Gasteiger partial charge in [-0.2, -0.15) is 0 Å². The van der Waals surface area contributed by atoms with Crippen molar-refractivity contribution in [1.29, 1.82) is 0 Å². The van der Waals surface area contributed by atoms with E-state index in [2.05, 4.69) is 30.5 Å². The normalized spacial score (nSPS) is 15.4. The molecule has 3 aromatic rings. The standard InChI is InChI=1S/C26H27N3O3S/c1-3-15-28(26-27-23(18(2)33-26)20-8-5-4-6-9-20)17-19-11-13-21(14-12-19)24(30)29-16-7-10-22(29)25(31)32/h3-6,8-9,11-14,22H,1,7,10,15-17H2,2H3,(H,31,32). The number of benzene rings is 2. The van der Waals surface area contributed by atoms with Crippen LogP contribution in [0.25, 0.3) is 11.3 Å². The minimum Gasteiger partial charge on any atom is -0.480 e. The van der Waals surface area contributed by atoms with E-state index in [1.165, 1.54) is 4.90 Å². The third-order valence-electron chi connectivity index (χ3n) is 5.83. The summed E-state index contributed by atoms with van der Waals surface area (Å²) in [7, 11) is 0. The lowest BCUT2D eigenvalue weighted by atomic mass is 10.1. The van der Waals surface area contributed by atoms with Crippen LogP contribution in [0.5, 0.6) is 0 Å². The van der Waals surface area contributed by atoms with Crippen LogP contribution in [0.1, 0.15) is 33.6 Å². The number of hydrogen-bond donors (Lipinski definition) is 1. The van der Waals surface area contributed by atoms with Gasteiger partial charge in [0.1, 0.15) is 6.04 Å². The monoisotopic (exact) mass is 461 g/mol. The predicted octanol–water partition coefficient (Wildman–Crippen LogP) is 5.00. The summed E-state index contributed by atoms with van der Waals surface area (Å²) in [6.45, 7) is 7.74. The van der Waals surface area contributed by atoms with Crippen LogP contribution in [0.3, 0.4) is 0 Å². The lowest BCUT2D eigenvalue weighted by Crippen LogP contribution is -2.40. The first-order chi connectivity index (χ1) is 16.0. The van der Waals surface area contributed by atoms with E-state index in [0.717, 1.165) is 33.3 Å². The van der Waals surface area contributed by atoms with Crippen molar-refractivity contribution in [2.75, 3.05) is 18.0 Å². The summed E-state index contributed by atoms with van der Waals surface area (Å²) in [6, 6.07) is 16.8. The molecular formula is C26H27N3O3S. The molecule has 1 unspecified atom stereocenters. The first kappa shape index (κ1) is 22.7. The Balaban J connectivity index is 1.50. The SMILES string of the molecule is C=CCN(Cc1ccc(C(=O)N2CCCC2C(=O)O)cc1)c1nc(-c2ccccc2)c(C)s1. The molecule has 1 atom stereocenters. The van der Waals surface area contributed by atoms with Crippen LogP contribution in [0.4, 0.5) is 5.13 Å². The lowest BCUT2D eigenvalue weighted by Gasteiger charge is -2.22. The zero-order chi connectivity index (χ0) is 23.4. The first-order valence-corrected chi connectivity index (χ1v) is 11.8. The molecular weight excluding hydrogens is 434 g/mol. The fourth-order valence-corrected chi connectivity index (χ4v) is 5.09. The van der Waals surface area contributed by atoms with E-state index in [1.54, 1.807) is 23.5 Å². The summed E-state index contributed by atoms with van der Waals surface area (Å²) in [5.74, 6) is -1.16. The number of carbonyl (C=O) groups excluding carboxylic acids is 1.